The van der Waals surface area contributed by atoms with Crippen molar-refractivity contribution in [2.24, 2.45) is 0 Å². The van der Waals surface area contributed by atoms with Gasteiger partial charge in [-0.1, -0.05) is 23.7 Å². The van der Waals surface area contributed by atoms with Crippen LogP contribution in [0.25, 0.3) is 11.3 Å². The number of imidazole rings is 1. The molecule has 3 N–H and O–H groups in total. The number of aromatic nitrogens is 2. The van der Waals surface area contributed by atoms with Gasteiger partial charge in [0.2, 0.25) is 0 Å². The normalized spacial score (nSPS) is 10.3. The van der Waals surface area contributed by atoms with Gasteiger partial charge < -0.3 is 10.1 Å². The third kappa shape index (κ3) is 1.85. The van der Waals surface area contributed by atoms with Crippen LogP contribution in [0, 0.1) is 0 Å². The molecule has 0 saturated heterocycles. The van der Waals surface area contributed by atoms with E-state index in [1.165, 1.54) is 0 Å². The Morgan fingerprint density at radius 2 is 2.06 bits per heavy atom. The number of carbonyl (C=O) groups is 1. The number of aromatic carboxylic acids is 1. The van der Waals surface area contributed by atoms with Crippen molar-refractivity contribution in [1.29, 1.82) is 0 Å². The monoisotopic (exact) mass is 238 g/mol. The molecule has 0 unspecified atom stereocenters. The second-order valence-corrected chi connectivity index (χ2v) is 3.58. The van der Waals surface area contributed by atoms with Crippen molar-refractivity contribution in [1.82, 2.24) is 9.97 Å². The van der Waals surface area contributed by atoms with Gasteiger partial charge in [-0.25, -0.2) is 9.59 Å². The lowest BCUT2D eigenvalue weighted by molar-refractivity contribution is 0.0692. The molecule has 0 atom stereocenters. The molecule has 1 aromatic carbocycles. The molecule has 82 valence electrons. The predicted molar refractivity (Wildman–Crippen MR) is 58.8 cm³/mol. The number of carboxylic acid groups (broad SMARTS) is 1. The highest BCUT2D eigenvalue weighted by Gasteiger charge is 2.15. The Hall–Kier alpha value is -2.01. The molecule has 0 spiro atoms. The van der Waals surface area contributed by atoms with Crippen molar-refractivity contribution < 1.29 is 9.90 Å². The molecule has 6 heteroatoms. The average Bonchev–Trinajstić information content (AvgIpc) is 2.60. The summed E-state index contributed by atoms with van der Waals surface area (Å²) in [6.45, 7) is 0. The highest BCUT2D eigenvalue weighted by atomic mass is 35.5. The summed E-state index contributed by atoms with van der Waals surface area (Å²) in [5.74, 6) is -1.20. The second-order valence-electron chi connectivity index (χ2n) is 3.14. The van der Waals surface area contributed by atoms with Crippen LogP contribution in [0.2, 0.25) is 5.02 Å². The molecule has 2 aromatic rings. The number of halogens is 1. The van der Waals surface area contributed by atoms with Gasteiger partial charge in [-0.2, -0.15) is 0 Å². The van der Waals surface area contributed by atoms with Crippen molar-refractivity contribution in [2.45, 2.75) is 0 Å². The first-order valence-electron chi connectivity index (χ1n) is 4.39. The molecule has 0 amide bonds. The highest BCUT2D eigenvalue weighted by molar-refractivity contribution is 6.30. The predicted octanol–water partition coefficient (Wildman–Crippen LogP) is 1.72. The van der Waals surface area contributed by atoms with Crippen LogP contribution < -0.4 is 5.69 Å². The number of aromatic amines is 2. The van der Waals surface area contributed by atoms with Gasteiger partial charge in [0.1, 0.15) is 0 Å². The maximum Gasteiger partial charge on any atom is 0.354 e. The molecule has 0 bridgehead atoms. The molecule has 5 nitrogen and oxygen atoms in total. The van der Waals surface area contributed by atoms with E-state index in [4.69, 9.17) is 16.7 Å². The first kappa shape index (κ1) is 10.5. The minimum absolute atomic E-state index is 0.174. The number of H-pyrrole nitrogens is 2. The lowest BCUT2D eigenvalue weighted by Gasteiger charge is -1.99. The minimum Gasteiger partial charge on any atom is -0.477 e. The lowest BCUT2D eigenvalue weighted by atomic mass is 10.1. The van der Waals surface area contributed by atoms with E-state index in [0.29, 0.717) is 10.6 Å². The number of benzene rings is 1. The molecule has 2 rings (SSSR count). The molecule has 0 aliphatic heterocycles. The topological polar surface area (TPSA) is 85.9 Å². The first-order chi connectivity index (χ1) is 7.58. The fourth-order valence-corrected chi connectivity index (χ4v) is 1.59. The van der Waals surface area contributed by atoms with E-state index >= 15 is 0 Å². The molecular weight excluding hydrogens is 232 g/mol. The van der Waals surface area contributed by atoms with Gasteiger partial charge in [-0.15, -0.1) is 0 Å². The van der Waals surface area contributed by atoms with Gasteiger partial charge in [0.05, 0.1) is 5.69 Å². The third-order valence-corrected chi connectivity index (χ3v) is 2.29. The summed E-state index contributed by atoms with van der Waals surface area (Å²) in [6, 6.07) is 6.58. The Morgan fingerprint density at radius 3 is 2.69 bits per heavy atom. The molecule has 16 heavy (non-hydrogen) atoms. The zero-order valence-corrected chi connectivity index (χ0v) is 8.71. The van der Waals surface area contributed by atoms with Crippen LogP contribution in [-0.2, 0) is 0 Å². The van der Waals surface area contributed by atoms with Crippen molar-refractivity contribution >= 4 is 17.6 Å². The molecule has 0 aliphatic carbocycles. The van der Waals surface area contributed by atoms with E-state index in [2.05, 4.69) is 9.97 Å². The number of hydrogen-bond donors (Lipinski definition) is 3. The summed E-state index contributed by atoms with van der Waals surface area (Å²) in [5, 5.41) is 9.35. The zero-order valence-electron chi connectivity index (χ0n) is 7.95. The first-order valence-corrected chi connectivity index (χ1v) is 4.77. The number of hydrogen-bond acceptors (Lipinski definition) is 2. The van der Waals surface area contributed by atoms with E-state index in [1.807, 2.05) is 0 Å². The molecule has 0 radical (unpaired) electrons. The van der Waals surface area contributed by atoms with Crippen molar-refractivity contribution in [3.63, 3.8) is 0 Å². The summed E-state index contributed by atoms with van der Waals surface area (Å²) in [6.07, 6.45) is 0. The third-order valence-electron chi connectivity index (χ3n) is 2.05. The van der Waals surface area contributed by atoms with Gasteiger partial charge in [0.25, 0.3) is 0 Å². The highest BCUT2D eigenvalue weighted by Crippen LogP contribution is 2.22. The van der Waals surface area contributed by atoms with Gasteiger partial charge in [0, 0.05) is 10.6 Å². The Balaban J connectivity index is 2.64. The standard InChI is InChI=1S/C10H7ClN2O3/c11-6-3-1-2-5(4-6)7-8(9(14)15)13-10(16)12-7/h1-4H,(H,14,15)(H2,12,13,16). The quantitative estimate of drug-likeness (QED) is 0.745. The smallest absolute Gasteiger partial charge is 0.354 e. The Labute approximate surface area is 94.7 Å². The minimum atomic E-state index is -1.20. The summed E-state index contributed by atoms with van der Waals surface area (Å²) in [7, 11) is 0. The molecular formula is C10H7ClN2O3. The summed E-state index contributed by atoms with van der Waals surface area (Å²) < 4.78 is 0. The van der Waals surface area contributed by atoms with Gasteiger partial charge in [-0.3, -0.25) is 4.98 Å². The van der Waals surface area contributed by atoms with Crippen LogP contribution in [-0.4, -0.2) is 21.0 Å². The summed E-state index contributed by atoms with van der Waals surface area (Å²) in [5.41, 5.74) is 0.0305. The fraction of sp³-hybridized carbons (Fsp3) is 0. The SMILES string of the molecule is O=C(O)c1[nH]c(=O)[nH]c1-c1cccc(Cl)c1. The van der Waals surface area contributed by atoms with E-state index in [1.54, 1.807) is 24.3 Å². The van der Waals surface area contributed by atoms with Crippen molar-refractivity contribution in [3.05, 3.63) is 45.5 Å². The van der Waals surface area contributed by atoms with Crippen molar-refractivity contribution in [2.75, 3.05) is 0 Å². The Morgan fingerprint density at radius 1 is 1.31 bits per heavy atom. The van der Waals surface area contributed by atoms with E-state index < -0.39 is 11.7 Å². The largest absolute Gasteiger partial charge is 0.477 e. The summed E-state index contributed by atoms with van der Waals surface area (Å²) in [4.78, 5) is 26.6. The second kappa shape index (κ2) is 3.86. The van der Waals surface area contributed by atoms with Crippen LogP contribution in [0.1, 0.15) is 10.5 Å². The maximum absolute atomic E-state index is 11.1. The number of nitrogens with one attached hydrogen (secondary N) is 2. The van der Waals surface area contributed by atoms with E-state index in [0.717, 1.165) is 0 Å². The van der Waals surface area contributed by atoms with Gasteiger partial charge in [0.15, 0.2) is 5.69 Å². The van der Waals surface area contributed by atoms with Crippen LogP contribution in [0.3, 0.4) is 0 Å². The van der Waals surface area contributed by atoms with Crippen molar-refractivity contribution in [3.8, 4) is 11.3 Å². The van der Waals surface area contributed by atoms with Crippen LogP contribution in [0.4, 0.5) is 0 Å². The van der Waals surface area contributed by atoms with Crippen LogP contribution in [0.5, 0.6) is 0 Å². The van der Waals surface area contributed by atoms with Gasteiger partial charge in [-0.05, 0) is 12.1 Å². The van der Waals surface area contributed by atoms with Crippen LogP contribution >= 0.6 is 11.6 Å². The maximum atomic E-state index is 11.1. The van der Waals surface area contributed by atoms with E-state index in [-0.39, 0.29) is 11.4 Å². The molecule has 0 fully saturated rings. The number of carboxylic acids is 1. The fourth-order valence-electron chi connectivity index (χ4n) is 1.40. The molecule has 1 heterocycles. The zero-order chi connectivity index (χ0) is 11.7. The molecule has 0 aliphatic rings. The Bertz CT molecular complexity index is 600. The lowest BCUT2D eigenvalue weighted by Crippen LogP contribution is -2.03. The van der Waals surface area contributed by atoms with Crippen LogP contribution in [0.15, 0.2) is 29.1 Å². The Kier molecular flexibility index (Phi) is 2.54. The summed E-state index contributed by atoms with van der Waals surface area (Å²) >= 11 is 5.78. The average molecular weight is 239 g/mol. The molecule has 0 saturated carbocycles. The molecule has 1 aromatic heterocycles. The number of rotatable bonds is 2. The van der Waals surface area contributed by atoms with E-state index in [9.17, 15) is 9.59 Å². The van der Waals surface area contributed by atoms with Gasteiger partial charge >= 0.3 is 11.7 Å².